The van der Waals surface area contributed by atoms with Gasteiger partial charge in [0.05, 0.1) is 12.2 Å². The molecule has 3 heterocycles. The van der Waals surface area contributed by atoms with Crippen LogP contribution in [0.25, 0.3) is 0 Å². The third-order valence-electron chi connectivity index (χ3n) is 9.31. The minimum atomic E-state index is -1.79. The van der Waals surface area contributed by atoms with Gasteiger partial charge in [0, 0.05) is 19.6 Å². The van der Waals surface area contributed by atoms with E-state index in [2.05, 4.69) is 33.4 Å². The van der Waals surface area contributed by atoms with Crippen LogP contribution in [0.2, 0.25) is 0 Å². The average Bonchev–Trinajstić information content (AvgIpc) is 3.60. The maximum atomic E-state index is 12.7. The highest BCUT2D eigenvalue weighted by atomic mass is 16.8. The number of carboxylic acids is 1. The van der Waals surface area contributed by atoms with Gasteiger partial charge in [-0.1, -0.05) is 43.6 Å². The highest BCUT2D eigenvalue weighted by Crippen LogP contribution is 2.46. The molecule has 1 aliphatic carbocycles. The van der Waals surface area contributed by atoms with Crippen molar-refractivity contribution in [1.82, 2.24) is 0 Å². The van der Waals surface area contributed by atoms with Crippen LogP contribution in [0, 0.1) is 17.8 Å². The molecule has 4 unspecified atom stereocenters. The smallest absolute Gasteiger partial charge is 0.364 e. The number of aliphatic carboxylic acids is 1. The van der Waals surface area contributed by atoms with Crippen molar-refractivity contribution in [3.8, 4) is 0 Å². The van der Waals surface area contributed by atoms with Crippen LogP contribution in [0.15, 0.2) is 23.8 Å². The highest BCUT2D eigenvalue weighted by molar-refractivity contribution is 5.75. The lowest BCUT2D eigenvalue weighted by Gasteiger charge is -2.37. The lowest BCUT2D eigenvalue weighted by atomic mass is 9.84. The molecule has 4 aliphatic rings. The Morgan fingerprint density at radius 1 is 1.05 bits per heavy atom. The largest absolute Gasteiger partial charge is 0.477 e. The molecular formula is C33H54O7. The molecule has 0 amide bonds. The molecule has 0 aromatic carbocycles. The third kappa shape index (κ3) is 9.38. The molecule has 0 radical (unpaired) electrons. The van der Waals surface area contributed by atoms with Crippen molar-refractivity contribution >= 4 is 5.97 Å². The Bertz CT molecular complexity index is 818. The Morgan fingerprint density at radius 2 is 1.73 bits per heavy atom. The van der Waals surface area contributed by atoms with Crippen LogP contribution in [0.4, 0.5) is 0 Å². The van der Waals surface area contributed by atoms with Gasteiger partial charge in [0.1, 0.15) is 0 Å². The van der Waals surface area contributed by atoms with Gasteiger partial charge >= 0.3 is 5.97 Å². The monoisotopic (exact) mass is 562 g/mol. The van der Waals surface area contributed by atoms with Crippen molar-refractivity contribution in [2.75, 3.05) is 13.2 Å². The van der Waals surface area contributed by atoms with Gasteiger partial charge in [0.25, 0.3) is 5.79 Å². The second-order valence-electron chi connectivity index (χ2n) is 13.0. The zero-order chi connectivity index (χ0) is 28.5. The van der Waals surface area contributed by atoms with Crippen LogP contribution in [-0.2, 0) is 28.5 Å². The number of epoxide rings is 1. The lowest BCUT2D eigenvalue weighted by Crippen LogP contribution is -2.51. The van der Waals surface area contributed by atoms with Crippen LogP contribution in [0.5, 0.6) is 0 Å². The Kier molecular flexibility index (Phi) is 12.1. The van der Waals surface area contributed by atoms with Gasteiger partial charge in [-0.25, -0.2) is 4.79 Å². The van der Waals surface area contributed by atoms with Crippen molar-refractivity contribution in [2.24, 2.45) is 17.8 Å². The van der Waals surface area contributed by atoms with Crippen LogP contribution in [0.3, 0.4) is 0 Å². The number of ether oxygens (including phenoxy) is 5. The minimum Gasteiger partial charge on any atom is -0.477 e. The normalized spacial score (nSPS) is 32.8. The van der Waals surface area contributed by atoms with E-state index in [0.29, 0.717) is 44.3 Å². The van der Waals surface area contributed by atoms with E-state index in [-0.39, 0.29) is 18.6 Å². The molecule has 7 atom stereocenters. The Morgan fingerprint density at radius 3 is 2.30 bits per heavy atom. The molecule has 0 aromatic heterocycles. The first-order valence-corrected chi connectivity index (χ1v) is 16.0. The first kappa shape index (κ1) is 31.7. The summed E-state index contributed by atoms with van der Waals surface area (Å²) in [5.74, 6) is -0.986. The fraction of sp³-hybridized carbons (Fsp3) is 0.848. The second-order valence-corrected chi connectivity index (χ2v) is 13.0. The van der Waals surface area contributed by atoms with Crippen molar-refractivity contribution in [2.45, 2.75) is 148 Å². The molecule has 4 rings (SSSR count). The van der Waals surface area contributed by atoms with Crippen molar-refractivity contribution < 1.29 is 33.6 Å². The minimum absolute atomic E-state index is 0.0311. The van der Waals surface area contributed by atoms with Crippen LogP contribution in [0.1, 0.15) is 117 Å². The van der Waals surface area contributed by atoms with Gasteiger partial charge in [0.15, 0.2) is 12.6 Å². The van der Waals surface area contributed by atoms with Crippen LogP contribution < -0.4 is 0 Å². The van der Waals surface area contributed by atoms with E-state index in [0.717, 1.165) is 44.4 Å². The fourth-order valence-electron chi connectivity index (χ4n) is 6.69. The molecule has 1 saturated carbocycles. The summed E-state index contributed by atoms with van der Waals surface area (Å²) in [7, 11) is 0. The zero-order valence-corrected chi connectivity index (χ0v) is 25.2. The van der Waals surface area contributed by atoms with E-state index in [4.69, 9.17) is 23.7 Å². The number of carbonyl (C=O) groups is 1. The number of hydrogen-bond donors (Lipinski definition) is 1. The maximum Gasteiger partial charge on any atom is 0.364 e. The Hall–Kier alpha value is -1.25. The molecule has 3 aliphatic heterocycles. The van der Waals surface area contributed by atoms with Crippen molar-refractivity contribution in [3.63, 3.8) is 0 Å². The van der Waals surface area contributed by atoms with Gasteiger partial charge in [-0.05, 0) is 109 Å². The first-order chi connectivity index (χ1) is 19.3. The Balaban J connectivity index is 1.28. The number of hydrogen-bond acceptors (Lipinski definition) is 6. The number of rotatable bonds is 16. The summed E-state index contributed by atoms with van der Waals surface area (Å²) in [4.78, 5) is 12.7. The van der Waals surface area contributed by atoms with E-state index in [9.17, 15) is 9.90 Å². The van der Waals surface area contributed by atoms with Gasteiger partial charge in [-0.2, -0.15) is 0 Å². The predicted octanol–water partition coefficient (Wildman–Crippen LogP) is 7.54. The summed E-state index contributed by atoms with van der Waals surface area (Å²) >= 11 is 0. The number of allylic oxidation sites excluding steroid dienone is 3. The quantitative estimate of drug-likeness (QED) is 0.118. The zero-order valence-electron chi connectivity index (χ0n) is 25.2. The van der Waals surface area contributed by atoms with Gasteiger partial charge in [-0.3, -0.25) is 0 Å². The molecule has 7 heteroatoms. The molecular weight excluding hydrogens is 508 g/mol. The van der Waals surface area contributed by atoms with E-state index < -0.39 is 24.3 Å². The molecule has 1 N–H and O–H groups in total. The maximum absolute atomic E-state index is 12.7. The molecule has 0 aromatic rings. The molecule has 0 spiro atoms. The number of carboxylic acid groups (broad SMARTS) is 1. The van der Waals surface area contributed by atoms with Gasteiger partial charge < -0.3 is 28.8 Å². The van der Waals surface area contributed by atoms with E-state index in [1.807, 2.05) is 0 Å². The first-order valence-electron chi connectivity index (χ1n) is 16.0. The Labute approximate surface area is 242 Å². The van der Waals surface area contributed by atoms with Crippen LogP contribution >= 0.6 is 0 Å². The second kappa shape index (κ2) is 15.3. The SMILES string of the molecule is C=C1CC[C@H](CCCC(C)CC=C(C)C)[C@H]1C[C@H]1OC1CCC(OC1CCCCO1)(OC1CCCCO1)C(=O)O. The van der Waals surface area contributed by atoms with Crippen LogP contribution in [-0.4, -0.2) is 54.9 Å². The summed E-state index contributed by atoms with van der Waals surface area (Å²) < 4.78 is 29.9. The van der Waals surface area contributed by atoms with Crippen molar-refractivity contribution in [1.29, 1.82) is 0 Å². The molecule has 4 fully saturated rings. The predicted molar refractivity (Wildman–Crippen MR) is 155 cm³/mol. The third-order valence-corrected chi connectivity index (χ3v) is 9.31. The van der Waals surface area contributed by atoms with Crippen molar-refractivity contribution in [3.05, 3.63) is 23.8 Å². The summed E-state index contributed by atoms with van der Waals surface area (Å²) in [5.41, 5.74) is 2.77. The molecule has 3 saturated heterocycles. The van der Waals surface area contributed by atoms with E-state index >= 15 is 0 Å². The lowest BCUT2D eigenvalue weighted by molar-refractivity contribution is -0.352. The molecule has 7 nitrogen and oxygen atoms in total. The standard InChI is InChI=1S/C33H54O7/c1-23(2)14-15-24(3)10-9-11-26-17-16-25(4)27(26)22-29-28(38-29)18-19-33(32(34)35,39-30-12-5-7-20-36-30)40-31-13-6-8-21-37-31/h14,24,26-31H,4-13,15-22H2,1-3H3,(H,34,35)/t24?,26-,27-,28?,29+,30?,31?,33?/m0/s1. The molecule has 228 valence electrons. The summed E-state index contributed by atoms with van der Waals surface area (Å²) in [5, 5.41) is 10.3. The molecule has 0 bridgehead atoms. The summed E-state index contributed by atoms with van der Waals surface area (Å²) in [6, 6.07) is 0. The average molecular weight is 563 g/mol. The summed E-state index contributed by atoms with van der Waals surface area (Å²) in [6.45, 7) is 12.3. The topological polar surface area (TPSA) is 86.8 Å². The molecule has 40 heavy (non-hydrogen) atoms. The summed E-state index contributed by atoms with van der Waals surface area (Å²) in [6.07, 6.45) is 15.7. The fourth-order valence-corrected chi connectivity index (χ4v) is 6.69. The van der Waals surface area contributed by atoms with Gasteiger partial charge in [-0.15, -0.1) is 0 Å². The van der Waals surface area contributed by atoms with E-state index in [1.54, 1.807) is 0 Å². The highest BCUT2D eigenvalue weighted by Gasteiger charge is 2.50. The van der Waals surface area contributed by atoms with E-state index in [1.165, 1.54) is 43.3 Å². The van der Waals surface area contributed by atoms with Gasteiger partial charge in [0.2, 0.25) is 0 Å².